The van der Waals surface area contributed by atoms with E-state index in [1.165, 1.54) is 6.07 Å². The van der Waals surface area contributed by atoms with Gasteiger partial charge in [-0.25, -0.2) is 4.39 Å². The molecule has 2 aromatic rings. The molecule has 0 unspecified atom stereocenters. The number of rotatable bonds is 2. The fraction of sp³-hybridized carbons (Fsp3) is 0.154. The highest BCUT2D eigenvalue weighted by atomic mass is 19.1. The van der Waals surface area contributed by atoms with Gasteiger partial charge in [-0.3, -0.25) is 4.98 Å². The molecule has 0 fully saturated rings. The van der Waals surface area contributed by atoms with Crippen LogP contribution in [0.4, 0.5) is 4.39 Å². The summed E-state index contributed by atoms with van der Waals surface area (Å²) < 4.78 is 13.5. The van der Waals surface area contributed by atoms with Crippen LogP contribution >= 0.6 is 0 Å². The highest BCUT2D eigenvalue weighted by Crippen LogP contribution is 2.22. The summed E-state index contributed by atoms with van der Waals surface area (Å²) in [5.74, 6) is -0.398. The van der Waals surface area contributed by atoms with Crippen LogP contribution in [0.15, 0.2) is 36.5 Å². The number of aromatic nitrogens is 1. The molecule has 1 aromatic heterocycles. The number of benzene rings is 1. The largest absolute Gasteiger partial charge is 0.392 e. The molecule has 0 spiro atoms. The average molecular weight is 217 g/mol. The molecule has 1 aromatic carbocycles. The van der Waals surface area contributed by atoms with Crippen LogP contribution in [-0.2, 0) is 6.61 Å². The Hall–Kier alpha value is -1.74. The van der Waals surface area contributed by atoms with E-state index in [0.29, 0.717) is 5.56 Å². The molecule has 0 aliphatic heterocycles. The zero-order valence-electron chi connectivity index (χ0n) is 8.94. The van der Waals surface area contributed by atoms with Gasteiger partial charge in [0.05, 0.1) is 12.3 Å². The first kappa shape index (κ1) is 10.8. The van der Waals surface area contributed by atoms with Crippen molar-refractivity contribution in [2.45, 2.75) is 13.5 Å². The maximum atomic E-state index is 13.5. The molecule has 1 N–H and O–H groups in total. The topological polar surface area (TPSA) is 33.1 Å². The van der Waals surface area contributed by atoms with Crippen molar-refractivity contribution >= 4 is 0 Å². The molecule has 0 aliphatic carbocycles. The minimum absolute atomic E-state index is 0.284. The number of hydrogen-bond donors (Lipinski definition) is 1. The van der Waals surface area contributed by atoms with E-state index in [1.54, 1.807) is 18.3 Å². The quantitative estimate of drug-likeness (QED) is 0.839. The van der Waals surface area contributed by atoms with Crippen molar-refractivity contribution in [2.75, 3.05) is 0 Å². The minimum Gasteiger partial charge on any atom is -0.392 e. The van der Waals surface area contributed by atoms with Crippen LogP contribution in [0.3, 0.4) is 0 Å². The van der Waals surface area contributed by atoms with E-state index in [9.17, 15) is 4.39 Å². The molecule has 1 heterocycles. The van der Waals surface area contributed by atoms with Gasteiger partial charge < -0.3 is 5.11 Å². The highest BCUT2D eigenvalue weighted by molar-refractivity contribution is 5.63. The van der Waals surface area contributed by atoms with Crippen molar-refractivity contribution < 1.29 is 9.50 Å². The molecule has 3 heteroatoms. The summed E-state index contributed by atoms with van der Waals surface area (Å²) in [5, 5.41) is 8.88. The highest BCUT2D eigenvalue weighted by Gasteiger charge is 2.06. The van der Waals surface area contributed by atoms with Gasteiger partial charge in [0.1, 0.15) is 5.82 Å². The van der Waals surface area contributed by atoms with Crippen LogP contribution < -0.4 is 0 Å². The molecule has 0 atom stereocenters. The maximum Gasteiger partial charge on any atom is 0.129 e. The van der Waals surface area contributed by atoms with E-state index >= 15 is 0 Å². The second-order valence-corrected chi connectivity index (χ2v) is 3.63. The van der Waals surface area contributed by atoms with Crippen molar-refractivity contribution in [3.8, 4) is 11.3 Å². The number of hydrogen-bond acceptors (Lipinski definition) is 2. The van der Waals surface area contributed by atoms with E-state index in [0.717, 1.165) is 16.8 Å². The maximum absolute atomic E-state index is 13.5. The van der Waals surface area contributed by atoms with Crippen molar-refractivity contribution in [2.24, 2.45) is 0 Å². The van der Waals surface area contributed by atoms with Crippen LogP contribution in [0.2, 0.25) is 0 Å². The molecule has 0 bridgehead atoms. The Morgan fingerprint density at radius 1 is 1.31 bits per heavy atom. The van der Waals surface area contributed by atoms with Crippen molar-refractivity contribution in [1.82, 2.24) is 4.98 Å². The molecule has 2 rings (SSSR count). The molecule has 16 heavy (non-hydrogen) atoms. The summed E-state index contributed by atoms with van der Waals surface area (Å²) in [5.41, 5.74) is 2.80. The summed E-state index contributed by atoms with van der Waals surface area (Å²) in [6, 6.07) is 8.53. The Balaban J connectivity index is 2.50. The third-order valence-corrected chi connectivity index (χ3v) is 2.51. The van der Waals surface area contributed by atoms with E-state index in [4.69, 9.17) is 5.11 Å². The lowest BCUT2D eigenvalue weighted by Gasteiger charge is -2.06. The predicted octanol–water partition coefficient (Wildman–Crippen LogP) is 2.69. The third kappa shape index (κ3) is 1.95. The number of nitrogens with zero attached hydrogens (tertiary/aromatic N) is 1. The first-order valence-corrected chi connectivity index (χ1v) is 5.03. The molecule has 82 valence electrons. The Labute approximate surface area is 93.4 Å². The monoisotopic (exact) mass is 217 g/mol. The number of pyridine rings is 1. The van der Waals surface area contributed by atoms with Gasteiger partial charge >= 0.3 is 0 Å². The molecule has 2 nitrogen and oxygen atoms in total. The zero-order chi connectivity index (χ0) is 11.5. The number of aliphatic hydroxyl groups is 1. The van der Waals surface area contributed by atoms with Gasteiger partial charge in [0.25, 0.3) is 0 Å². The third-order valence-electron chi connectivity index (χ3n) is 2.51. The predicted molar refractivity (Wildman–Crippen MR) is 60.3 cm³/mol. The molecular weight excluding hydrogens is 205 g/mol. The standard InChI is InChI=1S/C13H12FNO/c1-9-3-2-6-15-13(9)10-4-5-11(8-16)12(14)7-10/h2-7,16H,8H2,1H3. The fourth-order valence-electron chi connectivity index (χ4n) is 1.61. The first-order valence-electron chi connectivity index (χ1n) is 5.03. The Bertz CT molecular complexity index is 511. The van der Waals surface area contributed by atoms with Gasteiger partial charge in [0.15, 0.2) is 0 Å². The van der Waals surface area contributed by atoms with Crippen molar-refractivity contribution in [1.29, 1.82) is 0 Å². The Morgan fingerprint density at radius 2 is 2.12 bits per heavy atom. The average Bonchev–Trinajstić information content (AvgIpc) is 2.29. The van der Waals surface area contributed by atoms with Gasteiger partial charge in [-0.15, -0.1) is 0 Å². The summed E-state index contributed by atoms with van der Waals surface area (Å²) in [7, 11) is 0. The van der Waals surface area contributed by atoms with Gasteiger partial charge in [-0.1, -0.05) is 18.2 Å². The SMILES string of the molecule is Cc1cccnc1-c1ccc(CO)c(F)c1. The fourth-order valence-corrected chi connectivity index (χ4v) is 1.61. The lowest BCUT2D eigenvalue weighted by atomic mass is 10.0. The summed E-state index contributed by atoms with van der Waals surface area (Å²) in [6.07, 6.45) is 1.68. The van der Waals surface area contributed by atoms with Crippen LogP contribution in [0.1, 0.15) is 11.1 Å². The number of aryl methyl sites for hydroxylation is 1. The zero-order valence-corrected chi connectivity index (χ0v) is 8.94. The van der Waals surface area contributed by atoms with Gasteiger partial charge in [0, 0.05) is 17.3 Å². The summed E-state index contributed by atoms with van der Waals surface area (Å²) in [6.45, 7) is 1.65. The van der Waals surface area contributed by atoms with E-state index in [1.807, 2.05) is 19.1 Å². The molecule has 0 radical (unpaired) electrons. The van der Waals surface area contributed by atoms with Gasteiger partial charge in [0.2, 0.25) is 0 Å². The summed E-state index contributed by atoms with van der Waals surface area (Å²) >= 11 is 0. The summed E-state index contributed by atoms with van der Waals surface area (Å²) in [4.78, 5) is 4.22. The van der Waals surface area contributed by atoms with Crippen molar-refractivity contribution in [3.63, 3.8) is 0 Å². The van der Waals surface area contributed by atoms with Gasteiger partial charge in [-0.2, -0.15) is 0 Å². The lowest BCUT2D eigenvalue weighted by Crippen LogP contribution is -1.92. The van der Waals surface area contributed by atoms with E-state index < -0.39 is 5.82 Å². The molecule has 0 saturated heterocycles. The van der Waals surface area contributed by atoms with E-state index in [2.05, 4.69) is 4.98 Å². The lowest BCUT2D eigenvalue weighted by molar-refractivity contribution is 0.276. The smallest absolute Gasteiger partial charge is 0.129 e. The number of aliphatic hydroxyl groups excluding tert-OH is 1. The molecular formula is C13H12FNO. The van der Waals surface area contributed by atoms with Crippen LogP contribution in [0.5, 0.6) is 0 Å². The van der Waals surface area contributed by atoms with E-state index in [-0.39, 0.29) is 6.61 Å². The van der Waals surface area contributed by atoms with Crippen LogP contribution in [0, 0.1) is 12.7 Å². The second kappa shape index (κ2) is 4.41. The normalized spacial score (nSPS) is 10.4. The second-order valence-electron chi connectivity index (χ2n) is 3.63. The first-order chi connectivity index (χ1) is 7.72. The Morgan fingerprint density at radius 3 is 2.75 bits per heavy atom. The van der Waals surface area contributed by atoms with Gasteiger partial charge in [-0.05, 0) is 24.6 Å². The minimum atomic E-state index is -0.398. The van der Waals surface area contributed by atoms with Crippen LogP contribution in [0.25, 0.3) is 11.3 Å². The van der Waals surface area contributed by atoms with Crippen LogP contribution in [-0.4, -0.2) is 10.1 Å². The molecule has 0 amide bonds. The molecule has 0 aliphatic rings. The Kier molecular flexibility index (Phi) is 2.97. The molecule has 0 saturated carbocycles. The number of halogens is 1. The van der Waals surface area contributed by atoms with Crippen molar-refractivity contribution in [3.05, 3.63) is 53.5 Å².